The van der Waals surface area contributed by atoms with Crippen molar-refractivity contribution in [2.45, 2.75) is 63.1 Å². The van der Waals surface area contributed by atoms with Gasteiger partial charge in [0.25, 0.3) is 0 Å². The summed E-state index contributed by atoms with van der Waals surface area (Å²) >= 11 is 0. The lowest BCUT2D eigenvalue weighted by Crippen LogP contribution is -2.47. The van der Waals surface area contributed by atoms with Crippen LogP contribution in [0.15, 0.2) is 47.1 Å². The molecule has 1 saturated carbocycles. The number of ketones is 1. The van der Waals surface area contributed by atoms with Crippen molar-refractivity contribution < 1.29 is 19.4 Å². The highest BCUT2D eigenvalue weighted by Crippen LogP contribution is 2.54. The van der Waals surface area contributed by atoms with Crippen molar-refractivity contribution in [3.63, 3.8) is 0 Å². The van der Waals surface area contributed by atoms with Crippen molar-refractivity contribution >= 4 is 5.78 Å². The standard InChI is InChI=1S/C25H30O4/c1-28-19-9-5-16(6-10-19)24-23-20-12-8-18(26)14-17(20)7-11-21(23)22-4-2-3-13-25(22,27)15-29-24/h5-6,9-10,14,21-22,24,27H,2-4,7-8,11-13,15H2,1H3/t21?,22?,24-,25+/m0/s1. The van der Waals surface area contributed by atoms with Gasteiger partial charge in [0, 0.05) is 6.42 Å². The molecule has 29 heavy (non-hydrogen) atoms. The van der Waals surface area contributed by atoms with Gasteiger partial charge in [-0.15, -0.1) is 0 Å². The van der Waals surface area contributed by atoms with Crippen LogP contribution in [-0.4, -0.2) is 30.2 Å². The van der Waals surface area contributed by atoms with Crippen LogP contribution >= 0.6 is 0 Å². The van der Waals surface area contributed by atoms with Crippen LogP contribution in [0.2, 0.25) is 0 Å². The number of hydrogen-bond acceptors (Lipinski definition) is 4. The van der Waals surface area contributed by atoms with Crippen molar-refractivity contribution in [3.05, 3.63) is 52.6 Å². The molecule has 4 nitrogen and oxygen atoms in total. The van der Waals surface area contributed by atoms with Gasteiger partial charge in [0.2, 0.25) is 0 Å². The lowest BCUT2D eigenvalue weighted by atomic mass is 9.62. The van der Waals surface area contributed by atoms with E-state index in [0.29, 0.717) is 18.9 Å². The normalized spacial score (nSPS) is 34.5. The Morgan fingerprint density at radius 1 is 1.10 bits per heavy atom. The molecule has 1 heterocycles. The summed E-state index contributed by atoms with van der Waals surface area (Å²) in [6.45, 7) is 0.389. The monoisotopic (exact) mass is 394 g/mol. The predicted molar refractivity (Wildman–Crippen MR) is 111 cm³/mol. The fourth-order valence-corrected chi connectivity index (χ4v) is 6.15. The number of rotatable bonds is 2. The number of methoxy groups -OCH3 is 1. The molecule has 4 aliphatic rings. The Balaban J connectivity index is 1.65. The Bertz CT molecular complexity index is 865. The molecule has 1 aromatic rings. The van der Waals surface area contributed by atoms with Crippen molar-refractivity contribution in [3.8, 4) is 5.75 Å². The fourth-order valence-electron chi connectivity index (χ4n) is 6.15. The van der Waals surface area contributed by atoms with Gasteiger partial charge >= 0.3 is 0 Å². The summed E-state index contributed by atoms with van der Waals surface area (Å²) in [7, 11) is 1.68. The van der Waals surface area contributed by atoms with E-state index in [1.54, 1.807) is 7.11 Å². The van der Waals surface area contributed by atoms with Gasteiger partial charge in [-0.05, 0) is 84.4 Å². The SMILES string of the molecule is COc1ccc([C@@H]2OC[C@]3(O)CCCCC3C3CCC4=CC(=O)CCC4=C32)cc1. The number of allylic oxidation sites excluding steroid dienone is 3. The average Bonchev–Trinajstić information content (AvgIpc) is 2.87. The zero-order valence-electron chi connectivity index (χ0n) is 17.2. The molecular weight excluding hydrogens is 364 g/mol. The number of ether oxygens (including phenoxy) is 2. The van der Waals surface area contributed by atoms with Crippen LogP contribution in [0.3, 0.4) is 0 Å². The first-order valence-electron chi connectivity index (χ1n) is 11.0. The van der Waals surface area contributed by atoms with Gasteiger partial charge in [-0.2, -0.15) is 0 Å². The van der Waals surface area contributed by atoms with Gasteiger partial charge in [-0.1, -0.05) is 25.0 Å². The molecule has 2 unspecified atom stereocenters. The molecule has 4 atom stereocenters. The zero-order valence-corrected chi connectivity index (χ0v) is 17.2. The van der Waals surface area contributed by atoms with Gasteiger partial charge in [0.1, 0.15) is 11.9 Å². The van der Waals surface area contributed by atoms with Gasteiger partial charge in [-0.25, -0.2) is 0 Å². The Hall–Kier alpha value is -1.91. The van der Waals surface area contributed by atoms with E-state index in [2.05, 4.69) is 12.1 Å². The van der Waals surface area contributed by atoms with E-state index in [-0.39, 0.29) is 17.8 Å². The number of carbonyl (C=O) groups excluding carboxylic acids is 1. The second kappa shape index (κ2) is 7.41. The highest BCUT2D eigenvalue weighted by atomic mass is 16.5. The zero-order chi connectivity index (χ0) is 20.0. The molecule has 3 aliphatic carbocycles. The van der Waals surface area contributed by atoms with E-state index in [4.69, 9.17) is 9.47 Å². The second-order valence-electron chi connectivity index (χ2n) is 9.14. The summed E-state index contributed by atoms with van der Waals surface area (Å²) < 4.78 is 11.9. The maximum Gasteiger partial charge on any atom is 0.156 e. The topological polar surface area (TPSA) is 55.8 Å². The van der Waals surface area contributed by atoms with Crippen LogP contribution in [0, 0.1) is 11.8 Å². The molecular formula is C25H30O4. The lowest BCUT2D eigenvalue weighted by Gasteiger charge is -2.44. The molecule has 0 radical (unpaired) electrons. The maximum absolute atomic E-state index is 12.1. The predicted octanol–water partition coefficient (Wildman–Crippen LogP) is 4.68. The van der Waals surface area contributed by atoms with Crippen molar-refractivity contribution in [1.29, 1.82) is 0 Å². The van der Waals surface area contributed by atoms with E-state index in [0.717, 1.165) is 49.8 Å². The number of fused-ring (bicyclic) bond motifs is 4. The summed E-state index contributed by atoms with van der Waals surface area (Å²) in [5, 5.41) is 11.6. The van der Waals surface area contributed by atoms with E-state index in [9.17, 15) is 9.90 Å². The minimum absolute atomic E-state index is 0.160. The Morgan fingerprint density at radius 3 is 2.72 bits per heavy atom. The summed E-state index contributed by atoms with van der Waals surface area (Å²) in [4.78, 5) is 12.1. The van der Waals surface area contributed by atoms with Gasteiger partial charge in [-0.3, -0.25) is 4.79 Å². The average molecular weight is 395 g/mol. The van der Waals surface area contributed by atoms with Crippen LogP contribution in [-0.2, 0) is 9.53 Å². The van der Waals surface area contributed by atoms with Gasteiger partial charge in [0.15, 0.2) is 5.78 Å². The quantitative estimate of drug-likeness (QED) is 0.791. The number of hydrogen-bond donors (Lipinski definition) is 1. The maximum atomic E-state index is 12.1. The number of carbonyl (C=O) groups is 1. The highest BCUT2D eigenvalue weighted by Gasteiger charge is 2.50. The van der Waals surface area contributed by atoms with Gasteiger partial charge in [0.05, 0.1) is 19.3 Å². The molecule has 1 aliphatic heterocycles. The Morgan fingerprint density at radius 2 is 1.93 bits per heavy atom. The third kappa shape index (κ3) is 3.27. The minimum Gasteiger partial charge on any atom is -0.497 e. The number of aliphatic hydroxyl groups is 1. The van der Waals surface area contributed by atoms with E-state index >= 15 is 0 Å². The molecule has 0 spiro atoms. The van der Waals surface area contributed by atoms with E-state index in [1.165, 1.54) is 23.1 Å². The fraction of sp³-hybridized carbons (Fsp3) is 0.560. The molecule has 0 amide bonds. The molecule has 5 rings (SSSR count). The van der Waals surface area contributed by atoms with E-state index in [1.807, 2.05) is 18.2 Å². The Kier molecular flexibility index (Phi) is 4.87. The van der Waals surface area contributed by atoms with Crippen LogP contribution in [0.1, 0.15) is 63.0 Å². The second-order valence-corrected chi connectivity index (χ2v) is 9.14. The van der Waals surface area contributed by atoms with Crippen molar-refractivity contribution in [2.75, 3.05) is 13.7 Å². The third-order valence-corrected chi connectivity index (χ3v) is 7.57. The third-order valence-electron chi connectivity index (χ3n) is 7.57. The van der Waals surface area contributed by atoms with Crippen molar-refractivity contribution in [1.82, 2.24) is 0 Å². The van der Waals surface area contributed by atoms with Gasteiger partial charge < -0.3 is 14.6 Å². The first-order chi connectivity index (χ1) is 14.1. The summed E-state index contributed by atoms with van der Waals surface area (Å²) in [5.74, 6) is 1.65. The first-order valence-corrected chi connectivity index (χ1v) is 11.0. The van der Waals surface area contributed by atoms with Crippen LogP contribution in [0.25, 0.3) is 0 Å². The minimum atomic E-state index is -0.734. The molecule has 4 heteroatoms. The molecule has 154 valence electrons. The van der Waals surface area contributed by atoms with Crippen LogP contribution < -0.4 is 4.74 Å². The lowest BCUT2D eigenvalue weighted by molar-refractivity contribution is -0.114. The Labute approximate surface area is 172 Å². The molecule has 0 aromatic heterocycles. The van der Waals surface area contributed by atoms with Crippen molar-refractivity contribution in [2.24, 2.45) is 11.8 Å². The smallest absolute Gasteiger partial charge is 0.156 e. The molecule has 1 aromatic carbocycles. The number of benzene rings is 1. The first kappa shape index (κ1) is 19.1. The summed E-state index contributed by atoms with van der Waals surface area (Å²) in [6, 6.07) is 8.13. The molecule has 2 fully saturated rings. The van der Waals surface area contributed by atoms with E-state index < -0.39 is 5.60 Å². The summed E-state index contributed by atoms with van der Waals surface area (Å²) in [6.07, 6.45) is 9.18. The molecule has 1 saturated heterocycles. The summed E-state index contributed by atoms with van der Waals surface area (Å²) in [5.41, 5.74) is 4.25. The van der Waals surface area contributed by atoms with Crippen LogP contribution in [0.4, 0.5) is 0 Å². The molecule has 0 bridgehead atoms. The highest BCUT2D eigenvalue weighted by molar-refractivity contribution is 5.93. The molecule has 1 N–H and O–H groups in total. The van der Waals surface area contributed by atoms with Crippen LogP contribution in [0.5, 0.6) is 5.75 Å². The largest absolute Gasteiger partial charge is 0.497 e.